The van der Waals surface area contributed by atoms with Gasteiger partial charge in [0.2, 0.25) is 0 Å². The van der Waals surface area contributed by atoms with E-state index in [1.165, 1.54) is 19.3 Å². The molecular weight excluding hydrogens is 276 g/mol. The van der Waals surface area contributed by atoms with Crippen molar-refractivity contribution in [3.8, 4) is 5.75 Å². The maximum absolute atomic E-state index is 10.4. The summed E-state index contributed by atoms with van der Waals surface area (Å²) in [6, 6.07) is 5.94. The molecule has 0 heterocycles. The van der Waals surface area contributed by atoms with E-state index in [0.29, 0.717) is 27.9 Å². The van der Waals surface area contributed by atoms with Gasteiger partial charge < -0.3 is 5.11 Å². The predicted octanol–water partition coefficient (Wildman–Crippen LogP) is 4.87. The first-order valence-corrected chi connectivity index (χ1v) is 8.78. The molecule has 1 aromatic rings. The van der Waals surface area contributed by atoms with Crippen molar-refractivity contribution in [2.24, 2.45) is 15.8 Å². The molecule has 0 saturated carbocycles. The van der Waals surface area contributed by atoms with Gasteiger partial charge in [-0.3, -0.25) is 0 Å². The molecule has 2 radical (unpaired) electrons. The minimum absolute atomic E-state index is 0.297. The smallest absolute Gasteiger partial charge is 0.271 e. The first kappa shape index (κ1) is 17.6. The van der Waals surface area contributed by atoms with Crippen molar-refractivity contribution in [2.45, 2.75) is 52.5 Å². The van der Waals surface area contributed by atoms with Crippen LogP contribution in [-0.2, 0) is 13.0 Å². The minimum atomic E-state index is 0.297. The topological polar surface area (TPSA) is 45.0 Å². The summed E-state index contributed by atoms with van der Waals surface area (Å²) in [4.78, 5) is 0. The molecule has 1 N–H and O–H groups in total. The van der Waals surface area contributed by atoms with Crippen molar-refractivity contribution >= 4 is 9.68 Å². The second kappa shape index (κ2) is 10.3. The molecule has 0 spiro atoms. The molecule has 0 bridgehead atoms. The highest BCUT2D eigenvalue weighted by Crippen LogP contribution is 2.28. The highest BCUT2D eigenvalue weighted by molar-refractivity contribution is 6.39. The normalized spacial score (nSPS) is 12.7. The fourth-order valence-corrected chi connectivity index (χ4v) is 2.62. The van der Waals surface area contributed by atoms with E-state index in [-0.39, 0.29) is 0 Å². The maximum Gasteiger partial charge on any atom is 0.271 e. The van der Waals surface area contributed by atoms with Crippen LogP contribution in [0.25, 0.3) is 0 Å². The first-order valence-electron chi connectivity index (χ1n) is 7.75. The predicted molar refractivity (Wildman–Crippen MR) is 89.6 cm³/mol. The van der Waals surface area contributed by atoms with Crippen LogP contribution in [0.4, 0.5) is 0 Å². The third kappa shape index (κ3) is 6.25. The monoisotopic (exact) mass is 302 g/mol. The van der Waals surface area contributed by atoms with Crippen molar-refractivity contribution in [1.29, 1.82) is 0 Å². The Labute approximate surface area is 131 Å². The zero-order chi connectivity index (χ0) is 15.5. The molecule has 21 heavy (non-hydrogen) atoms. The molecule has 0 saturated heterocycles. The van der Waals surface area contributed by atoms with Gasteiger partial charge in [0.1, 0.15) is 5.75 Å². The maximum atomic E-state index is 10.4. The number of nitrogens with zero attached hydrogens (tertiary/aromatic N) is 2. The van der Waals surface area contributed by atoms with E-state index in [9.17, 15) is 5.11 Å². The molecule has 3 nitrogen and oxygen atoms in total. The fraction of sp³-hybridized carbons (Fsp3) is 0.529. The van der Waals surface area contributed by atoms with Crippen LogP contribution >= 0.6 is 0 Å². The number of hydrogen-bond acceptors (Lipinski definition) is 3. The van der Waals surface area contributed by atoms with E-state index >= 15 is 0 Å². The van der Waals surface area contributed by atoms with E-state index in [1.807, 2.05) is 18.2 Å². The summed E-state index contributed by atoms with van der Waals surface area (Å²) in [5.74, 6) is 1.04. The van der Waals surface area contributed by atoms with Crippen LogP contribution < -0.4 is 0 Å². The summed E-state index contributed by atoms with van der Waals surface area (Å²) < 4.78 is 4.00. The van der Waals surface area contributed by atoms with Crippen LogP contribution in [0.1, 0.15) is 50.7 Å². The average molecular weight is 302 g/mol. The van der Waals surface area contributed by atoms with E-state index < -0.39 is 0 Å². The van der Waals surface area contributed by atoms with Crippen molar-refractivity contribution in [2.75, 3.05) is 0 Å². The summed E-state index contributed by atoms with van der Waals surface area (Å²) in [6.45, 7) is 8.50. The summed E-state index contributed by atoms with van der Waals surface area (Å²) >= 11 is 0. The van der Waals surface area contributed by atoms with Gasteiger partial charge in [0, 0.05) is 5.56 Å². The van der Waals surface area contributed by atoms with E-state index in [0.717, 1.165) is 24.0 Å². The third-order valence-electron chi connectivity index (χ3n) is 3.72. The first-order chi connectivity index (χ1) is 10.2. The zero-order valence-corrected chi connectivity index (χ0v) is 14.2. The Morgan fingerprint density at radius 1 is 1.33 bits per heavy atom. The average Bonchev–Trinajstić information content (AvgIpc) is 2.50. The molecule has 114 valence electrons. The lowest BCUT2D eigenvalue weighted by atomic mass is 9.91. The highest BCUT2D eigenvalue weighted by atomic mass is 28.2. The Hall–Kier alpha value is -1.42. The zero-order valence-electron chi connectivity index (χ0n) is 13.2. The number of aromatic hydroxyl groups is 1. The van der Waals surface area contributed by atoms with Crippen molar-refractivity contribution < 1.29 is 5.11 Å². The van der Waals surface area contributed by atoms with Crippen LogP contribution in [-0.4, -0.2) is 14.8 Å². The number of phenolic OH excluding ortho intramolecular Hbond substituents is 1. The second-order valence-corrected chi connectivity index (χ2v) is 6.14. The number of para-hydroxylation sites is 1. The Kier molecular flexibility index (Phi) is 8.67. The second-order valence-electron chi connectivity index (χ2n) is 5.28. The number of hydrogen-bond donors (Lipinski definition) is 1. The van der Waals surface area contributed by atoms with E-state index in [4.69, 9.17) is 0 Å². The summed E-state index contributed by atoms with van der Waals surface area (Å²) in [7, 11) is 0.297. The van der Waals surface area contributed by atoms with Crippen LogP contribution in [0.5, 0.6) is 5.75 Å². The molecule has 1 atom stereocenters. The van der Waals surface area contributed by atoms with Crippen LogP contribution in [0.15, 0.2) is 40.4 Å². The molecule has 0 aliphatic heterocycles. The quantitative estimate of drug-likeness (QED) is 0.486. The molecular formula is C17H26N2OSi. The lowest BCUT2D eigenvalue weighted by molar-refractivity contribution is 0.423. The fourth-order valence-electron chi connectivity index (χ4n) is 2.38. The van der Waals surface area contributed by atoms with Crippen molar-refractivity contribution in [1.82, 2.24) is 0 Å². The summed E-state index contributed by atoms with van der Waals surface area (Å²) in [5, 5.41) is 14.5. The van der Waals surface area contributed by atoms with Gasteiger partial charge in [-0.1, -0.05) is 63.4 Å². The van der Waals surface area contributed by atoms with Crippen LogP contribution in [0.3, 0.4) is 0 Å². The summed E-state index contributed by atoms with van der Waals surface area (Å²) in [6.07, 6.45) is 5.82. The molecule has 1 aromatic carbocycles. The van der Waals surface area contributed by atoms with Gasteiger partial charge in [-0.15, -0.1) is 6.58 Å². The number of unbranched alkanes of at least 4 members (excludes halogenated alkanes) is 1. The lowest BCUT2D eigenvalue weighted by Gasteiger charge is -2.16. The van der Waals surface area contributed by atoms with Gasteiger partial charge in [-0.25, -0.2) is 4.78 Å². The van der Waals surface area contributed by atoms with E-state index in [2.05, 4.69) is 30.3 Å². The molecule has 0 aliphatic carbocycles. The van der Waals surface area contributed by atoms with Gasteiger partial charge in [-0.2, -0.15) is 5.11 Å². The molecule has 1 rings (SSSR count). The van der Waals surface area contributed by atoms with Gasteiger partial charge in [0.25, 0.3) is 9.68 Å². The van der Waals surface area contributed by atoms with Crippen LogP contribution in [0.2, 0.25) is 0 Å². The SMILES string of the molecule is C=C[Si]N=NCc1cccc(CC(CC)CCCC)c1O. The Balaban J connectivity index is 2.72. The highest BCUT2D eigenvalue weighted by Gasteiger charge is 2.12. The molecule has 4 heteroatoms. The summed E-state index contributed by atoms with van der Waals surface area (Å²) in [5.41, 5.74) is 3.63. The lowest BCUT2D eigenvalue weighted by Crippen LogP contribution is -2.04. The van der Waals surface area contributed by atoms with Crippen LogP contribution in [0, 0.1) is 5.92 Å². The number of benzene rings is 1. The number of phenols is 1. The van der Waals surface area contributed by atoms with Crippen molar-refractivity contribution in [3.63, 3.8) is 0 Å². The largest absolute Gasteiger partial charge is 0.507 e. The molecule has 0 aromatic heterocycles. The standard InChI is InChI=1S/C17H26N2OSi/c1-4-7-9-14(5-2)12-15-10-8-11-16(17(15)20)13-18-19-21-6-3/h6,8,10-11,14,20H,3-5,7,9,12-13H2,1-2H3. The Morgan fingerprint density at radius 2 is 2.10 bits per heavy atom. The molecule has 0 aliphatic rings. The van der Waals surface area contributed by atoms with Gasteiger partial charge in [0.15, 0.2) is 0 Å². The van der Waals surface area contributed by atoms with Gasteiger partial charge in [-0.05, 0) is 17.9 Å². The third-order valence-corrected chi connectivity index (χ3v) is 4.16. The van der Waals surface area contributed by atoms with E-state index in [1.54, 1.807) is 5.70 Å². The molecule has 0 amide bonds. The molecule has 1 unspecified atom stereocenters. The van der Waals surface area contributed by atoms with Crippen molar-refractivity contribution in [3.05, 3.63) is 41.6 Å². The van der Waals surface area contributed by atoms with Gasteiger partial charge >= 0.3 is 0 Å². The minimum Gasteiger partial charge on any atom is -0.507 e. The Morgan fingerprint density at radius 3 is 2.76 bits per heavy atom. The molecule has 0 fully saturated rings. The van der Waals surface area contributed by atoms with Gasteiger partial charge in [0.05, 0.1) is 6.54 Å². The Bertz CT molecular complexity index is 460. The number of rotatable bonds is 10.